The number of benzene rings is 2. The van der Waals surface area contributed by atoms with Crippen molar-refractivity contribution in [2.45, 2.75) is 37.1 Å². The number of aromatic amines is 1. The summed E-state index contributed by atoms with van der Waals surface area (Å²) in [5.74, 6) is 0.0690. The summed E-state index contributed by atoms with van der Waals surface area (Å²) in [5.41, 5.74) is 3.01. The Kier molecular flexibility index (Phi) is 6.33. The SMILES string of the molecule is O=C(CN1CCC(n2c(=O)[nH]c3ccccc32)CC1)NCC1(c2ccccc2)CCOCC1. The zero-order chi connectivity index (χ0) is 22.7. The number of carbonyl (C=O) groups is 1. The maximum Gasteiger partial charge on any atom is 0.326 e. The lowest BCUT2D eigenvalue weighted by Crippen LogP contribution is -2.48. The molecular weight excluding hydrogens is 416 g/mol. The molecule has 2 saturated heterocycles. The summed E-state index contributed by atoms with van der Waals surface area (Å²) in [6, 6.07) is 18.5. The lowest BCUT2D eigenvalue weighted by Gasteiger charge is -2.38. The average Bonchev–Trinajstić information content (AvgIpc) is 3.20. The standard InChI is InChI=1S/C26H32N4O3/c31-24(27-19-26(12-16-33-17-13-26)20-6-2-1-3-7-20)18-29-14-10-21(11-15-29)30-23-9-5-4-8-22(23)28-25(30)32/h1-9,21H,10-19H2,(H,27,31)(H,28,32). The van der Waals surface area contributed by atoms with Crippen LogP contribution in [0.2, 0.25) is 0 Å². The van der Waals surface area contributed by atoms with Gasteiger partial charge in [0.15, 0.2) is 0 Å². The molecule has 7 nitrogen and oxygen atoms in total. The highest BCUT2D eigenvalue weighted by Gasteiger charge is 2.35. The Morgan fingerprint density at radius 1 is 1.03 bits per heavy atom. The highest BCUT2D eigenvalue weighted by Crippen LogP contribution is 2.34. The second-order valence-corrected chi connectivity index (χ2v) is 9.36. The van der Waals surface area contributed by atoms with E-state index < -0.39 is 0 Å². The fourth-order valence-electron chi connectivity index (χ4n) is 5.42. The van der Waals surface area contributed by atoms with Gasteiger partial charge in [0.25, 0.3) is 0 Å². The molecule has 0 bridgehead atoms. The summed E-state index contributed by atoms with van der Waals surface area (Å²) in [6.45, 7) is 4.11. The van der Waals surface area contributed by atoms with Gasteiger partial charge in [0.2, 0.25) is 5.91 Å². The molecule has 2 aliphatic heterocycles. The maximum atomic E-state index is 12.8. The van der Waals surface area contributed by atoms with Crippen LogP contribution in [0.1, 0.15) is 37.3 Å². The Hall–Kier alpha value is -2.90. The van der Waals surface area contributed by atoms with Gasteiger partial charge >= 0.3 is 5.69 Å². The number of nitrogens with one attached hydrogen (secondary N) is 2. The summed E-state index contributed by atoms with van der Waals surface area (Å²) in [5, 5.41) is 3.21. The van der Waals surface area contributed by atoms with E-state index >= 15 is 0 Å². The number of aromatic nitrogens is 2. The number of likely N-dealkylation sites (tertiary alicyclic amines) is 1. The predicted molar refractivity (Wildman–Crippen MR) is 128 cm³/mol. The van der Waals surface area contributed by atoms with E-state index in [4.69, 9.17) is 4.74 Å². The summed E-state index contributed by atoms with van der Waals surface area (Å²) < 4.78 is 7.49. The van der Waals surface area contributed by atoms with Crippen molar-refractivity contribution in [2.75, 3.05) is 39.4 Å². The van der Waals surface area contributed by atoms with Crippen molar-refractivity contribution in [1.29, 1.82) is 0 Å². The van der Waals surface area contributed by atoms with Crippen molar-refractivity contribution in [1.82, 2.24) is 19.8 Å². The Morgan fingerprint density at radius 3 is 2.48 bits per heavy atom. The van der Waals surface area contributed by atoms with E-state index in [0.29, 0.717) is 13.1 Å². The number of fused-ring (bicyclic) bond motifs is 1. The normalized spacial score (nSPS) is 19.5. The van der Waals surface area contributed by atoms with Crippen molar-refractivity contribution in [3.63, 3.8) is 0 Å². The fourth-order valence-corrected chi connectivity index (χ4v) is 5.42. The van der Waals surface area contributed by atoms with Gasteiger partial charge in [-0.2, -0.15) is 0 Å². The maximum absolute atomic E-state index is 12.8. The molecule has 33 heavy (non-hydrogen) atoms. The molecule has 0 spiro atoms. The topological polar surface area (TPSA) is 79.4 Å². The van der Waals surface area contributed by atoms with Crippen LogP contribution in [0.5, 0.6) is 0 Å². The van der Waals surface area contributed by atoms with E-state index in [2.05, 4.69) is 39.5 Å². The molecule has 2 aromatic carbocycles. The van der Waals surface area contributed by atoms with Gasteiger partial charge < -0.3 is 15.0 Å². The third-order valence-electron chi connectivity index (χ3n) is 7.37. The van der Waals surface area contributed by atoms with Gasteiger partial charge in [-0.3, -0.25) is 14.3 Å². The van der Waals surface area contributed by atoms with Gasteiger partial charge in [0, 0.05) is 44.3 Å². The number of ether oxygens (including phenoxy) is 1. The van der Waals surface area contributed by atoms with Gasteiger partial charge in [-0.05, 0) is 43.4 Å². The molecule has 0 unspecified atom stereocenters. The second-order valence-electron chi connectivity index (χ2n) is 9.36. The fraction of sp³-hybridized carbons (Fsp3) is 0.462. The molecule has 3 aromatic rings. The van der Waals surface area contributed by atoms with Gasteiger partial charge in [-0.25, -0.2) is 4.79 Å². The van der Waals surface area contributed by atoms with Crippen molar-refractivity contribution in [3.05, 3.63) is 70.6 Å². The first kappa shape index (κ1) is 21.9. The van der Waals surface area contributed by atoms with Crippen LogP contribution in [0.4, 0.5) is 0 Å². The first-order valence-electron chi connectivity index (χ1n) is 12.0. The number of amides is 1. The zero-order valence-electron chi connectivity index (χ0n) is 19.0. The van der Waals surface area contributed by atoms with E-state index in [1.165, 1.54) is 5.56 Å². The van der Waals surface area contributed by atoms with Crippen LogP contribution in [0.3, 0.4) is 0 Å². The van der Waals surface area contributed by atoms with Crippen LogP contribution in [-0.4, -0.2) is 59.8 Å². The van der Waals surface area contributed by atoms with E-state index in [-0.39, 0.29) is 23.1 Å². The molecule has 1 amide bonds. The molecule has 2 N–H and O–H groups in total. The highest BCUT2D eigenvalue weighted by atomic mass is 16.5. The minimum atomic E-state index is -0.0569. The summed E-state index contributed by atoms with van der Waals surface area (Å²) in [4.78, 5) is 30.5. The number of hydrogen-bond donors (Lipinski definition) is 2. The van der Waals surface area contributed by atoms with Crippen LogP contribution in [-0.2, 0) is 14.9 Å². The van der Waals surface area contributed by atoms with E-state index in [0.717, 1.165) is 63.0 Å². The van der Waals surface area contributed by atoms with Crippen LogP contribution in [0, 0.1) is 0 Å². The number of imidazole rings is 1. The molecule has 2 fully saturated rings. The zero-order valence-corrected chi connectivity index (χ0v) is 19.0. The van der Waals surface area contributed by atoms with Gasteiger partial charge in [0.05, 0.1) is 17.6 Å². The van der Waals surface area contributed by atoms with Crippen molar-refractivity contribution in [2.24, 2.45) is 0 Å². The van der Waals surface area contributed by atoms with Crippen molar-refractivity contribution in [3.8, 4) is 0 Å². The molecule has 3 heterocycles. The monoisotopic (exact) mass is 448 g/mol. The minimum absolute atomic E-state index is 0.0462. The number of para-hydroxylation sites is 2. The Morgan fingerprint density at radius 2 is 1.73 bits per heavy atom. The molecule has 0 saturated carbocycles. The molecule has 2 aliphatic rings. The Balaban J connectivity index is 1.17. The number of nitrogens with zero attached hydrogens (tertiary/aromatic N) is 2. The first-order chi connectivity index (χ1) is 16.1. The number of piperidine rings is 1. The second kappa shape index (κ2) is 9.53. The van der Waals surface area contributed by atoms with Crippen molar-refractivity contribution < 1.29 is 9.53 Å². The summed E-state index contributed by atoms with van der Waals surface area (Å²) >= 11 is 0. The van der Waals surface area contributed by atoms with Crippen LogP contribution in [0.25, 0.3) is 11.0 Å². The minimum Gasteiger partial charge on any atom is -0.381 e. The number of H-pyrrole nitrogens is 1. The number of carbonyl (C=O) groups excluding carboxylic acids is 1. The molecule has 5 rings (SSSR count). The van der Waals surface area contributed by atoms with Gasteiger partial charge in [-0.1, -0.05) is 42.5 Å². The smallest absolute Gasteiger partial charge is 0.326 e. The third-order valence-corrected chi connectivity index (χ3v) is 7.37. The van der Waals surface area contributed by atoms with E-state index in [1.807, 2.05) is 34.9 Å². The summed E-state index contributed by atoms with van der Waals surface area (Å²) in [7, 11) is 0. The van der Waals surface area contributed by atoms with E-state index in [1.54, 1.807) is 0 Å². The number of hydrogen-bond acceptors (Lipinski definition) is 4. The van der Waals surface area contributed by atoms with Crippen LogP contribution < -0.4 is 11.0 Å². The number of rotatable bonds is 6. The molecule has 1 aromatic heterocycles. The lowest BCUT2D eigenvalue weighted by atomic mass is 9.74. The highest BCUT2D eigenvalue weighted by molar-refractivity contribution is 5.78. The third kappa shape index (κ3) is 4.61. The Bertz CT molecular complexity index is 1140. The Labute approximate surface area is 193 Å². The largest absolute Gasteiger partial charge is 0.381 e. The van der Waals surface area contributed by atoms with Crippen LogP contribution in [0.15, 0.2) is 59.4 Å². The molecule has 0 atom stereocenters. The van der Waals surface area contributed by atoms with E-state index in [9.17, 15) is 9.59 Å². The molecule has 174 valence electrons. The predicted octanol–water partition coefficient (Wildman–Crippen LogP) is 2.83. The molecular formula is C26H32N4O3. The van der Waals surface area contributed by atoms with Gasteiger partial charge in [-0.15, -0.1) is 0 Å². The molecule has 0 radical (unpaired) electrons. The lowest BCUT2D eigenvalue weighted by molar-refractivity contribution is -0.123. The average molecular weight is 449 g/mol. The summed E-state index contributed by atoms with van der Waals surface area (Å²) in [6.07, 6.45) is 3.56. The molecule has 7 heteroatoms. The molecule has 0 aliphatic carbocycles. The van der Waals surface area contributed by atoms with Crippen molar-refractivity contribution >= 4 is 16.9 Å². The quantitative estimate of drug-likeness (QED) is 0.608. The van der Waals surface area contributed by atoms with Gasteiger partial charge in [0.1, 0.15) is 0 Å². The first-order valence-corrected chi connectivity index (χ1v) is 12.0. The van der Waals surface area contributed by atoms with Crippen LogP contribution >= 0.6 is 0 Å².